The molecule has 0 saturated carbocycles. The van der Waals surface area contributed by atoms with Gasteiger partial charge < -0.3 is 4.90 Å². The van der Waals surface area contributed by atoms with E-state index in [0.29, 0.717) is 11.5 Å². The fraction of sp³-hybridized carbons (Fsp3) is 0.333. The average molecular weight is 239 g/mol. The summed E-state index contributed by atoms with van der Waals surface area (Å²) in [5, 5.41) is 10.1. The third-order valence-electron chi connectivity index (χ3n) is 2.85. The van der Waals surface area contributed by atoms with Crippen molar-refractivity contribution in [1.82, 2.24) is 4.98 Å². The van der Waals surface area contributed by atoms with Crippen LogP contribution in [0.4, 0.5) is 5.82 Å². The van der Waals surface area contributed by atoms with Gasteiger partial charge in [-0.05, 0) is 18.1 Å². The highest BCUT2D eigenvalue weighted by molar-refractivity contribution is 5.86. The van der Waals surface area contributed by atoms with Crippen molar-refractivity contribution < 1.29 is 0 Å². The molecule has 18 heavy (non-hydrogen) atoms. The molecule has 92 valence electrons. The van der Waals surface area contributed by atoms with E-state index in [1.54, 1.807) is 0 Å². The molecule has 0 amide bonds. The van der Waals surface area contributed by atoms with Gasteiger partial charge in [0.25, 0.3) is 0 Å². The van der Waals surface area contributed by atoms with Gasteiger partial charge in [0.1, 0.15) is 5.82 Å². The zero-order valence-electron chi connectivity index (χ0n) is 11.0. The van der Waals surface area contributed by atoms with Gasteiger partial charge in [-0.1, -0.05) is 32.0 Å². The van der Waals surface area contributed by atoms with Gasteiger partial charge in [0.05, 0.1) is 17.1 Å². The molecule has 3 heteroatoms. The Labute approximate surface area is 108 Å². The van der Waals surface area contributed by atoms with Crippen LogP contribution in [0.1, 0.15) is 19.4 Å². The number of fused-ring (bicyclic) bond motifs is 1. The molecule has 0 bridgehead atoms. The standard InChI is InChI=1S/C15H17N3/c1-11(2)10-18(3)15-8-12(9-16)13-6-4-5-7-14(13)17-15/h4-8,11H,10H2,1-3H3. The molecule has 0 N–H and O–H groups in total. The number of rotatable bonds is 3. The van der Waals surface area contributed by atoms with Crippen LogP contribution in [-0.2, 0) is 0 Å². The number of nitrogens with zero attached hydrogens (tertiary/aromatic N) is 3. The summed E-state index contributed by atoms with van der Waals surface area (Å²) in [6.07, 6.45) is 0. The Morgan fingerprint density at radius 2 is 2.06 bits per heavy atom. The Hall–Kier alpha value is -2.08. The molecule has 0 saturated heterocycles. The molecule has 0 unspecified atom stereocenters. The minimum atomic E-state index is 0.564. The number of pyridine rings is 1. The summed E-state index contributed by atoms with van der Waals surface area (Å²) in [6, 6.07) is 11.9. The van der Waals surface area contributed by atoms with Crippen molar-refractivity contribution in [3.63, 3.8) is 0 Å². The fourth-order valence-corrected chi connectivity index (χ4v) is 2.09. The normalized spacial score (nSPS) is 10.6. The Morgan fingerprint density at radius 1 is 1.33 bits per heavy atom. The van der Waals surface area contributed by atoms with Crippen molar-refractivity contribution >= 4 is 16.7 Å². The van der Waals surface area contributed by atoms with Gasteiger partial charge in [-0.2, -0.15) is 5.26 Å². The lowest BCUT2D eigenvalue weighted by molar-refractivity contribution is 0.635. The van der Waals surface area contributed by atoms with Crippen LogP contribution in [-0.4, -0.2) is 18.6 Å². The van der Waals surface area contributed by atoms with Crippen LogP contribution in [0.25, 0.3) is 10.9 Å². The van der Waals surface area contributed by atoms with Crippen LogP contribution < -0.4 is 4.90 Å². The van der Waals surface area contributed by atoms with Crippen molar-refractivity contribution in [1.29, 1.82) is 5.26 Å². The van der Waals surface area contributed by atoms with Crippen LogP contribution in [0.3, 0.4) is 0 Å². The number of benzene rings is 1. The van der Waals surface area contributed by atoms with E-state index in [1.807, 2.05) is 37.4 Å². The molecule has 2 rings (SSSR count). The molecule has 1 aromatic heterocycles. The summed E-state index contributed by atoms with van der Waals surface area (Å²) in [5.41, 5.74) is 1.56. The quantitative estimate of drug-likeness (QED) is 0.825. The third kappa shape index (κ3) is 2.43. The maximum Gasteiger partial charge on any atom is 0.130 e. The maximum absolute atomic E-state index is 9.23. The number of anilines is 1. The molecule has 1 aromatic carbocycles. The van der Waals surface area contributed by atoms with Gasteiger partial charge in [0.2, 0.25) is 0 Å². The Morgan fingerprint density at radius 3 is 2.72 bits per heavy atom. The fourth-order valence-electron chi connectivity index (χ4n) is 2.09. The molecule has 0 radical (unpaired) electrons. The highest BCUT2D eigenvalue weighted by Crippen LogP contribution is 2.22. The van der Waals surface area contributed by atoms with Crippen LogP contribution in [0.5, 0.6) is 0 Å². The van der Waals surface area contributed by atoms with Crippen LogP contribution in [0.2, 0.25) is 0 Å². The Bertz CT molecular complexity index is 596. The molecule has 2 aromatic rings. The topological polar surface area (TPSA) is 39.9 Å². The van der Waals surface area contributed by atoms with E-state index >= 15 is 0 Å². The number of hydrogen-bond acceptors (Lipinski definition) is 3. The van der Waals surface area contributed by atoms with E-state index in [9.17, 15) is 5.26 Å². The Kier molecular flexibility index (Phi) is 3.47. The summed E-state index contributed by atoms with van der Waals surface area (Å²) in [7, 11) is 2.01. The van der Waals surface area contributed by atoms with Crippen molar-refractivity contribution in [3.05, 3.63) is 35.9 Å². The van der Waals surface area contributed by atoms with Gasteiger partial charge in [-0.15, -0.1) is 0 Å². The van der Waals surface area contributed by atoms with E-state index in [0.717, 1.165) is 23.3 Å². The molecule has 1 heterocycles. The lowest BCUT2D eigenvalue weighted by Crippen LogP contribution is -2.23. The maximum atomic E-state index is 9.23. The largest absolute Gasteiger partial charge is 0.359 e. The Balaban J connectivity index is 2.51. The zero-order chi connectivity index (χ0) is 13.1. The van der Waals surface area contributed by atoms with Gasteiger partial charge in [0, 0.05) is 19.0 Å². The lowest BCUT2D eigenvalue weighted by Gasteiger charge is -2.21. The van der Waals surface area contributed by atoms with E-state index in [4.69, 9.17) is 0 Å². The first-order valence-corrected chi connectivity index (χ1v) is 6.13. The molecule has 0 atom stereocenters. The van der Waals surface area contributed by atoms with Crippen molar-refractivity contribution in [2.75, 3.05) is 18.5 Å². The monoisotopic (exact) mass is 239 g/mol. The van der Waals surface area contributed by atoms with Crippen molar-refractivity contribution in [2.24, 2.45) is 5.92 Å². The second-order valence-electron chi connectivity index (χ2n) is 4.93. The highest BCUT2D eigenvalue weighted by atomic mass is 15.2. The first-order valence-electron chi connectivity index (χ1n) is 6.13. The summed E-state index contributed by atoms with van der Waals surface area (Å²) in [5.74, 6) is 1.42. The molecule has 0 aliphatic heterocycles. The van der Waals surface area contributed by atoms with E-state index < -0.39 is 0 Å². The summed E-state index contributed by atoms with van der Waals surface area (Å²) < 4.78 is 0. The second kappa shape index (κ2) is 5.05. The van der Waals surface area contributed by atoms with Gasteiger partial charge in [-0.25, -0.2) is 4.98 Å². The number of hydrogen-bond donors (Lipinski definition) is 0. The average Bonchev–Trinajstić information content (AvgIpc) is 2.36. The van der Waals surface area contributed by atoms with Crippen LogP contribution in [0, 0.1) is 17.2 Å². The number of aromatic nitrogens is 1. The predicted octanol–water partition coefficient (Wildman–Crippen LogP) is 3.20. The minimum Gasteiger partial charge on any atom is -0.359 e. The molecular weight excluding hydrogens is 222 g/mol. The second-order valence-corrected chi connectivity index (χ2v) is 4.93. The molecule has 3 nitrogen and oxygen atoms in total. The third-order valence-corrected chi connectivity index (χ3v) is 2.85. The molecule has 0 fully saturated rings. The first kappa shape index (κ1) is 12.4. The van der Waals surface area contributed by atoms with Gasteiger partial charge in [-0.3, -0.25) is 0 Å². The predicted molar refractivity (Wildman–Crippen MR) is 74.6 cm³/mol. The first-order chi connectivity index (χ1) is 8.61. The van der Waals surface area contributed by atoms with Crippen molar-refractivity contribution in [2.45, 2.75) is 13.8 Å². The smallest absolute Gasteiger partial charge is 0.130 e. The molecule has 0 spiro atoms. The molecule has 0 aliphatic rings. The number of nitriles is 1. The molecule has 0 aliphatic carbocycles. The lowest BCUT2D eigenvalue weighted by atomic mass is 10.1. The van der Waals surface area contributed by atoms with Crippen LogP contribution >= 0.6 is 0 Å². The van der Waals surface area contributed by atoms with E-state index in [-0.39, 0.29) is 0 Å². The summed E-state index contributed by atoms with van der Waals surface area (Å²) in [6.45, 7) is 5.27. The van der Waals surface area contributed by atoms with Crippen molar-refractivity contribution in [3.8, 4) is 6.07 Å². The zero-order valence-corrected chi connectivity index (χ0v) is 11.0. The highest BCUT2D eigenvalue weighted by Gasteiger charge is 2.09. The summed E-state index contributed by atoms with van der Waals surface area (Å²) in [4.78, 5) is 6.71. The summed E-state index contributed by atoms with van der Waals surface area (Å²) >= 11 is 0. The van der Waals surface area contributed by atoms with E-state index in [1.165, 1.54) is 0 Å². The SMILES string of the molecule is CC(C)CN(C)c1cc(C#N)c2ccccc2n1. The van der Waals surface area contributed by atoms with Crippen LogP contribution in [0.15, 0.2) is 30.3 Å². The van der Waals surface area contributed by atoms with Gasteiger partial charge >= 0.3 is 0 Å². The molecular formula is C15H17N3. The number of para-hydroxylation sites is 1. The minimum absolute atomic E-state index is 0.564. The van der Waals surface area contributed by atoms with Gasteiger partial charge in [0.15, 0.2) is 0 Å². The van der Waals surface area contributed by atoms with E-state index in [2.05, 4.69) is 29.8 Å².